The minimum Gasteiger partial charge on any atom is -0.355 e. The SMILES string of the molecule is Cc1ccc(-c2nc(C(C)C)cc(N3CCC(N)C3)n2)cc1. The number of hydrogen-bond donors (Lipinski definition) is 1. The van der Waals surface area contributed by atoms with Crippen LogP contribution in [0.2, 0.25) is 0 Å². The third kappa shape index (κ3) is 3.12. The first-order valence-electron chi connectivity index (χ1n) is 7.99. The van der Waals surface area contributed by atoms with Gasteiger partial charge in [-0.2, -0.15) is 0 Å². The van der Waals surface area contributed by atoms with Crippen LogP contribution in [0.15, 0.2) is 30.3 Å². The van der Waals surface area contributed by atoms with Crippen molar-refractivity contribution in [2.24, 2.45) is 5.73 Å². The van der Waals surface area contributed by atoms with Gasteiger partial charge in [0.15, 0.2) is 5.82 Å². The van der Waals surface area contributed by atoms with E-state index in [4.69, 9.17) is 15.7 Å². The highest BCUT2D eigenvalue weighted by atomic mass is 15.2. The molecule has 0 aliphatic carbocycles. The van der Waals surface area contributed by atoms with Crippen LogP contribution in [-0.2, 0) is 0 Å². The molecule has 2 aromatic rings. The van der Waals surface area contributed by atoms with Gasteiger partial charge in [0, 0.05) is 36.5 Å². The van der Waals surface area contributed by atoms with E-state index in [1.165, 1.54) is 5.56 Å². The number of hydrogen-bond acceptors (Lipinski definition) is 4. The van der Waals surface area contributed by atoms with E-state index >= 15 is 0 Å². The van der Waals surface area contributed by atoms with E-state index in [1.54, 1.807) is 0 Å². The largest absolute Gasteiger partial charge is 0.355 e. The number of anilines is 1. The van der Waals surface area contributed by atoms with E-state index in [2.05, 4.69) is 56.0 Å². The number of rotatable bonds is 3. The summed E-state index contributed by atoms with van der Waals surface area (Å²) in [5.74, 6) is 2.19. The number of aromatic nitrogens is 2. The summed E-state index contributed by atoms with van der Waals surface area (Å²) in [5.41, 5.74) is 9.44. The van der Waals surface area contributed by atoms with Crippen LogP contribution in [0, 0.1) is 6.92 Å². The minimum atomic E-state index is 0.250. The van der Waals surface area contributed by atoms with Gasteiger partial charge in [0.2, 0.25) is 0 Å². The Morgan fingerprint density at radius 3 is 2.50 bits per heavy atom. The van der Waals surface area contributed by atoms with Crippen molar-refractivity contribution in [3.8, 4) is 11.4 Å². The Labute approximate surface area is 132 Å². The molecule has 0 amide bonds. The Bertz CT molecular complexity index is 649. The molecule has 22 heavy (non-hydrogen) atoms. The van der Waals surface area contributed by atoms with Gasteiger partial charge in [-0.15, -0.1) is 0 Å². The molecule has 1 aromatic heterocycles. The lowest BCUT2D eigenvalue weighted by molar-refractivity contribution is 0.750. The van der Waals surface area contributed by atoms with Gasteiger partial charge in [-0.1, -0.05) is 43.7 Å². The van der Waals surface area contributed by atoms with Crippen molar-refractivity contribution in [2.45, 2.75) is 39.2 Å². The van der Waals surface area contributed by atoms with Crippen LogP contribution in [0.25, 0.3) is 11.4 Å². The second-order valence-corrected chi connectivity index (χ2v) is 6.49. The predicted molar refractivity (Wildman–Crippen MR) is 91.1 cm³/mol. The maximum Gasteiger partial charge on any atom is 0.161 e. The van der Waals surface area contributed by atoms with Gasteiger partial charge in [-0.25, -0.2) is 9.97 Å². The summed E-state index contributed by atoms with van der Waals surface area (Å²) in [6.07, 6.45) is 1.03. The van der Waals surface area contributed by atoms with Crippen LogP contribution >= 0.6 is 0 Å². The van der Waals surface area contributed by atoms with Gasteiger partial charge in [0.1, 0.15) is 5.82 Å². The van der Waals surface area contributed by atoms with E-state index in [0.29, 0.717) is 5.92 Å². The maximum absolute atomic E-state index is 6.04. The Morgan fingerprint density at radius 2 is 1.91 bits per heavy atom. The van der Waals surface area contributed by atoms with Crippen LogP contribution in [0.1, 0.15) is 37.4 Å². The second kappa shape index (κ2) is 6.05. The molecule has 1 saturated heterocycles. The topological polar surface area (TPSA) is 55.0 Å². The van der Waals surface area contributed by atoms with Crippen molar-refractivity contribution in [2.75, 3.05) is 18.0 Å². The predicted octanol–water partition coefficient (Wildman–Crippen LogP) is 3.11. The van der Waals surface area contributed by atoms with Gasteiger partial charge in [0.25, 0.3) is 0 Å². The van der Waals surface area contributed by atoms with E-state index in [0.717, 1.165) is 42.4 Å². The van der Waals surface area contributed by atoms with Crippen LogP contribution in [0.4, 0.5) is 5.82 Å². The monoisotopic (exact) mass is 296 g/mol. The Balaban J connectivity index is 2.02. The Hall–Kier alpha value is -1.94. The zero-order chi connectivity index (χ0) is 15.7. The first-order valence-corrected chi connectivity index (χ1v) is 7.99. The summed E-state index contributed by atoms with van der Waals surface area (Å²) in [7, 11) is 0. The average Bonchev–Trinajstić information content (AvgIpc) is 2.94. The molecule has 1 aliphatic heterocycles. The standard InChI is InChI=1S/C18H24N4/c1-12(2)16-10-17(22-9-8-15(19)11-22)21-18(20-16)14-6-4-13(3)5-7-14/h4-7,10,12,15H,8-9,11,19H2,1-3H3. The summed E-state index contributed by atoms with van der Waals surface area (Å²) in [6, 6.07) is 10.8. The van der Waals surface area contributed by atoms with Gasteiger partial charge in [0.05, 0.1) is 0 Å². The summed E-state index contributed by atoms with van der Waals surface area (Å²) in [5, 5.41) is 0. The van der Waals surface area contributed by atoms with Crippen molar-refractivity contribution in [1.82, 2.24) is 9.97 Å². The fraction of sp³-hybridized carbons (Fsp3) is 0.444. The third-order valence-corrected chi connectivity index (χ3v) is 4.18. The first-order chi connectivity index (χ1) is 10.5. The molecule has 3 rings (SSSR count). The van der Waals surface area contributed by atoms with Crippen LogP contribution in [0.3, 0.4) is 0 Å². The number of benzene rings is 1. The highest BCUT2D eigenvalue weighted by Gasteiger charge is 2.22. The molecule has 0 bridgehead atoms. The van der Waals surface area contributed by atoms with Gasteiger partial charge in [-0.3, -0.25) is 0 Å². The molecule has 1 aliphatic rings. The van der Waals surface area contributed by atoms with Crippen molar-refractivity contribution in [3.63, 3.8) is 0 Å². The number of aryl methyl sites for hydroxylation is 1. The lowest BCUT2D eigenvalue weighted by Crippen LogP contribution is -2.27. The number of nitrogens with two attached hydrogens (primary N) is 1. The van der Waals surface area contributed by atoms with E-state index in [1.807, 2.05) is 0 Å². The van der Waals surface area contributed by atoms with Gasteiger partial charge >= 0.3 is 0 Å². The van der Waals surface area contributed by atoms with Crippen molar-refractivity contribution >= 4 is 5.82 Å². The normalized spacial score (nSPS) is 18.2. The molecule has 1 aromatic carbocycles. The van der Waals surface area contributed by atoms with Gasteiger partial charge in [-0.05, 0) is 19.3 Å². The second-order valence-electron chi connectivity index (χ2n) is 6.49. The van der Waals surface area contributed by atoms with Gasteiger partial charge < -0.3 is 10.6 Å². The quantitative estimate of drug-likeness (QED) is 0.945. The lowest BCUT2D eigenvalue weighted by Gasteiger charge is -2.19. The first kappa shape index (κ1) is 15.0. The van der Waals surface area contributed by atoms with Crippen LogP contribution in [-0.4, -0.2) is 29.1 Å². The molecular weight excluding hydrogens is 272 g/mol. The van der Waals surface area contributed by atoms with E-state index < -0.39 is 0 Å². The van der Waals surface area contributed by atoms with E-state index in [9.17, 15) is 0 Å². The maximum atomic E-state index is 6.04. The molecule has 4 heteroatoms. The fourth-order valence-electron chi connectivity index (χ4n) is 2.74. The molecular formula is C18H24N4. The molecule has 1 atom stereocenters. The smallest absolute Gasteiger partial charge is 0.161 e. The lowest BCUT2D eigenvalue weighted by atomic mass is 10.1. The van der Waals surface area contributed by atoms with E-state index in [-0.39, 0.29) is 6.04 Å². The molecule has 1 fully saturated rings. The van der Waals surface area contributed by atoms with Crippen molar-refractivity contribution in [1.29, 1.82) is 0 Å². The molecule has 4 nitrogen and oxygen atoms in total. The Kier molecular flexibility index (Phi) is 4.12. The molecule has 0 saturated carbocycles. The summed E-state index contributed by atoms with van der Waals surface area (Å²) < 4.78 is 0. The molecule has 1 unspecified atom stereocenters. The number of nitrogens with zero attached hydrogens (tertiary/aromatic N) is 3. The highest BCUT2D eigenvalue weighted by Crippen LogP contribution is 2.26. The molecule has 2 heterocycles. The summed E-state index contributed by atoms with van der Waals surface area (Å²) >= 11 is 0. The zero-order valence-corrected chi connectivity index (χ0v) is 13.6. The average molecular weight is 296 g/mol. The van der Waals surface area contributed by atoms with Crippen molar-refractivity contribution < 1.29 is 0 Å². The van der Waals surface area contributed by atoms with Crippen LogP contribution < -0.4 is 10.6 Å². The molecule has 0 spiro atoms. The molecule has 116 valence electrons. The zero-order valence-electron chi connectivity index (χ0n) is 13.6. The third-order valence-electron chi connectivity index (χ3n) is 4.18. The minimum absolute atomic E-state index is 0.250. The fourth-order valence-corrected chi connectivity index (χ4v) is 2.74. The molecule has 0 radical (unpaired) electrons. The summed E-state index contributed by atoms with van der Waals surface area (Å²) in [6.45, 7) is 8.28. The Morgan fingerprint density at radius 1 is 1.18 bits per heavy atom. The molecule has 2 N–H and O–H groups in total. The summed E-state index contributed by atoms with van der Waals surface area (Å²) in [4.78, 5) is 11.8. The van der Waals surface area contributed by atoms with Crippen LogP contribution in [0.5, 0.6) is 0 Å². The highest BCUT2D eigenvalue weighted by molar-refractivity contribution is 5.59. The van der Waals surface area contributed by atoms with Crippen molar-refractivity contribution in [3.05, 3.63) is 41.6 Å².